The van der Waals surface area contributed by atoms with Gasteiger partial charge in [-0.1, -0.05) is 53.5 Å². The maximum absolute atomic E-state index is 11.7. The minimum absolute atomic E-state index is 0.0723. The fourth-order valence-corrected chi connectivity index (χ4v) is 2.34. The van der Waals surface area contributed by atoms with Gasteiger partial charge >= 0.3 is 0 Å². The lowest BCUT2D eigenvalue weighted by molar-refractivity contribution is -0.119. The first-order valence-electron chi connectivity index (χ1n) is 6.65. The van der Waals surface area contributed by atoms with Gasteiger partial charge < -0.3 is 10.6 Å². The van der Waals surface area contributed by atoms with Crippen molar-refractivity contribution in [3.63, 3.8) is 0 Å². The van der Waals surface area contributed by atoms with Crippen molar-refractivity contribution in [1.82, 2.24) is 5.32 Å². The lowest BCUT2D eigenvalue weighted by Crippen LogP contribution is -2.31. The highest BCUT2D eigenvalue weighted by Gasteiger charge is 2.04. The Morgan fingerprint density at radius 2 is 1.81 bits per heavy atom. The SMILES string of the molecule is O=C(CNc1ccc(Cl)cc1Cl)NCCc1ccccc1. The van der Waals surface area contributed by atoms with E-state index in [0.29, 0.717) is 22.3 Å². The van der Waals surface area contributed by atoms with Crippen LogP contribution >= 0.6 is 23.2 Å². The van der Waals surface area contributed by atoms with E-state index in [1.54, 1.807) is 18.2 Å². The molecule has 0 saturated heterocycles. The number of amides is 1. The predicted octanol–water partition coefficient (Wildman–Crippen LogP) is 3.76. The summed E-state index contributed by atoms with van der Waals surface area (Å²) in [5.74, 6) is -0.0723. The van der Waals surface area contributed by atoms with E-state index in [1.807, 2.05) is 30.3 Å². The summed E-state index contributed by atoms with van der Waals surface area (Å²) in [7, 11) is 0. The van der Waals surface area contributed by atoms with Crippen LogP contribution in [0.15, 0.2) is 48.5 Å². The summed E-state index contributed by atoms with van der Waals surface area (Å²) in [5.41, 5.74) is 1.89. The van der Waals surface area contributed by atoms with Crippen molar-refractivity contribution in [2.24, 2.45) is 0 Å². The van der Waals surface area contributed by atoms with Crippen LogP contribution in [0.25, 0.3) is 0 Å². The first kappa shape index (κ1) is 15.7. The number of carbonyl (C=O) groups is 1. The highest BCUT2D eigenvalue weighted by Crippen LogP contribution is 2.24. The molecule has 2 aromatic rings. The van der Waals surface area contributed by atoms with Gasteiger partial charge in [-0.15, -0.1) is 0 Å². The normalized spacial score (nSPS) is 10.2. The van der Waals surface area contributed by atoms with Crippen LogP contribution in [-0.4, -0.2) is 19.0 Å². The maximum Gasteiger partial charge on any atom is 0.239 e. The van der Waals surface area contributed by atoms with Crippen molar-refractivity contribution < 1.29 is 4.79 Å². The number of rotatable bonds is 6. The molecule has 0 fully saturated rings. The summed E-state index contributed by atoms with van der Waals surface area (Å²) < 4.78 is 0. The fraction of sp³-hybridized carbons (Fsp3) is 0.188. The molecule has 1 amide bonds. The molecular formula is C16H16Cl2N2O. The molecule has 0 saturated carbocycles. The molecule has 0 unspecified atom stereocenters. The first-order chi connectivity index (χ1) is 10.1. The zero-order valence-electron chi connectivity index (χ0n) is 11.4. The molecule has 0 aliphatic rings. The Kier molecular flexibility index (Phi) is 5.90. The van der Waals surface area contributed by atoms with Crippen molar-refractivity contribution in [2.45, 2.75) is 6.42 Å². The summed E-state index contributed by atoms with van der Waals surface area (Å²) in [4.78, 5) is 11.7. The van der Waals surface area contributed by atoms with Gasteiger partial charge in [0.2, 0.25) is 5.91 Å². The van der Waals surface area contributed by atoms with Crippen molar-refractivity contribution in [2.75, 3.05) is 18.4 Å². The number of anilines is 1. The van der Waals surface area contributed by atoms with Crippen LogP contribution < -0.4 is 10.6 Å². The van der Waals surface area contributed by atoms with Crippen LogP contribution in [0.2, 0.25) is 10.0 Å². The molecule has 21 heavy (non-hydrogen) atoms. The Labute approximate surface area is 134 Å². The highest BCUT2D eigenvalue weighted by atomic mass is 35.5. The third-order valence-electron chi connectivity index (χ3n) is 2.95. The van der Waals surface area contributed by atoms with E-state index in [4.69, 9.17) is 23.2 Å². The minimum Gasteiger partial charge on any atom is -0.375 e. The Morgan fingerprint density at radius 3 is 2.52 bits per heavy atom. The average molecular weight is 323 g/mol. The zero-order chi connectivity index (χ0) is 15.1. The van der Waals surface area contributed by atoms with Gasteiger partial charge in [-0.05, 0) is 30.2 Å². The summed E-state index contributed by atoms with van der Waals surface area (Å²) >= 11 is 11.8. The first-order valence-corrected chi connectivity index (χ1v) is 7.40. The molecule has 2 aromatic carbocycles. The Balaban J connectivity index is 1.72. The van der Waals surface area contributed by atoms with Gasteiger partial charge in [-0.3, -0.25) is 4.79 Å². The number of hydrogen-bond acceptors (Lipinski definition) is 2. The van der Waals surface area contributed by atoms with Crippen LogP contribution in [0, 0.1) is 0 Å². The van der Waals surface area contributed by atoms with E-state index in [0.717, 1.165) is 6.42 Å². The summed E-state index contributed by atoms with van der Waals surface area (Å²) in [6.07, 6.45) is 0.814. The van der Waals surface area contributed by atoms with Crippen LogP contribution in [0.5, 0.6) is 0 Å². The molecule has 2 N–H and O–H groups in total. The summed E-state index contributed by atoms with van der Waals surface area (Å²) in [5, 5.41) is 6.91. The smallest absolute Gasteiger partial charge is 0.239 e. The molecule has 0 atom stereocenters. The maximum atomic E-state index is 11.7. The molecule has 110 valence electrons. The largest absolute Gasteiger partial charge is 0.375 e. The molecule has 0 spiro atoms. The Hall–Kier alpha value is -1.71. The minimum atomic E-state index is -0.0723. The molecule has 5 heteroatoms. The molecular weight excluding hydrogens is 307 g/mol. The number of hydrogen-bond donors (Lipinski definition) is 2. The van der Waals surface area contributed by atoms with E-state index in [2.05, 4.69) is 10.6 Å². The van der Waals surface area contributed by atoms with Gasteiger partial charge in [0.25, 0.3) is 0 Å². The third-order valence-corrected chi connectivity index (χ3v) is 3.50. The number of nitrogens with one attached hydrogen (secondary N) is 2. The van der Waals surface area contributed by atoms with Gasteiger partial charge in [0.05, 0.1) is 17.3 Å². The van der Waals surface area contributed by atoms with E-state index in [-0.39, 0.29) is 12.5 Å². The predicted molar refractivity (Wildman–Crippen MR) is 88.1 cm³/mol. The monoisotopic (exact) mass is 322 g/mol. The number of carbonyl (C=O) groups excluding carboxylic acids is 1. The quantitative estimate of drug-likeness (QED) is 0.850. The molecule has 3 nitrogen and oxygen atoms in total. The summed E-state index contributed by atoms with van der Waals surface area (Å²) in [6.45, 7) is 0.787. The van der Waals surface area contributed by atoms with E-state index in [1.165, 1.54) is 5.56 Å². The molecule has 0 heterocycles. The van der Waals surface area contributed by atoms with E-state index in [9.17, 15) is 4.79 Å². The average Bonchev–Trinajstić information content (AvgIpc) is 2.47. The van der Waals surface area contributed by atoms with E-state index < -0.39 is 0 Å². The Bertz CT molecular complexity index is 602. The van der Waals surface area contributed by atoms with Gasteiger partial charge in [0.1, 0.15) is 0 Å². The lowest BCUT2D eigenvalue weighted by atomic mass is 10.1. The third kappa shape index (κ3) is 5.29. The molecule has 0 radical (unpaired) electrons. The molecule has 0 aromatic heterocycles. The van der Waals surface area contributed by atoms with Gasteiger partial charge in [0, 0.05) is 11.6 Å². The summed E-state index contributed by atoms with van der Waals surface area (Å²) in [6, 6.07) is 15.1. The van der Waals surface area contributed by atoms with Gasteiger partial charge in [-0.2, -0.15) is 0 Å². The van der Waals surface area contributed by atoms with E-state index >= 15 is 0 Å². The van der Waals surface area contributed by atoms with Gasteiger partial charge in [-0.25, -0.2) is 0 Å². The number of halogens is 2. The van der Waals surface area contributed by atoms with Gasteiger partial charge in [0.15, 0.2) is 0 Å². The van der Waals surface area contributed by atoms with Crippen LogP contribution in [-0.2, 0) is 11.2 Å². The molecule has 2 rings (SSSR count). The Morgan fingerprint density at radius 1 is 1.05 bits per heavy atom. The molecule has 0 aliphatic heterocycles. The van der Waals surface area contributed by atoms with Crippen molar-refractivity contribution >= 4 is 34.8 Å². The highest BCUT2D eigenvalue weighted by molar-refractivity contribution is 6.36. The zero-order valence-corrected chi connectivity index (χ0v) is 12.9. The standard InChI is InChI=1S/C16H16Cl2N2O/c17-13-6-7-15(14(18)10-13)20-11-16(21)19-9-8-12-4-2-1-3-5-12/h1-7,10,20H,8-9,11H2,(H,19,21). The van der Waals surface area contributed by atoms with Crippen molar-refractivity contribution in [3.05, 3.63) is 64.1 Å². The second kappa shape index (κ2) is 7.91. The van der Waals surface area contributed by atoms with Crippen LogP contribution in [0.1, 0.15) is 5.56 Å². The molecule has 0 aliphatic carbocycles. The lowest BCUT2D eigenvalue weighted by Gasteiger charge is -2.09. The van der Waals surface area contributed by atoms with Crippen molar-refractivity contribution in [3.8, 4) is 0 Å². The number of benzene rings is 2. The second-order valence-corrected chi connectivity index (χ2v) is 5.41. The van der Waals surface area contributed by atoms with Crippen LogP contribution in [0.3, 0.4) is 0 Å². The molecule has 0 bridgehead atoms. The fourth-order valence-electron chi connectivity index (χ4n) is 1.86. The van der Waals surface area contributed by atoms with Crippen LogP contribution in [0.4, 0.5) is 5.69 Å². The second-order valence-electron chi connectivity index (χ2n) is 4.56. The van der Waals surface area contributed by atoms with Crippen molar-refractivity contribution in [1.29, 1.82) is 0 Å². The topological polar surface area (TPSA) is 41.1 Å².